The van der Waals surface area contributed by atoms with Crippen molar-refractivity contribution in [2.75, 3.05) is 7.11 Å². The highest BCUT2D eigenvalue weighted by Gasteiger charge is 2.19. The van der Waals surface area contributed by atoms with Crippen molar-refractivity contribution in [2.45, 2.75) is 6.61 Å². The maximum Gasteiger partial charge on any atom is 0.238 e. The average Bonchev–Trinajstić information content (AvgIpc) is 2.75. The second-order valence-corrected chi connectivity index (χ2v) is 6.25. The highest BCUT2D eigenvalue weighted by molar-refractivity contribution is 5.88. The van der Waals surface area contributed by atoms with E-state index in [1.54, 1.807) is 36.4 Å². The van der Waals surface area contributed by atoms with Gasteiger partial charge in [0.1, 0.15) is 29.1 Å². The molecule has 0 fully saturated rings. The van der Waals surface area contributed by atoms with Gasteiger partial charge in [0, 0.05) is 17.7 Å². The van der Waals surface area contributed by atoms with Crippen LogP contribution in [0.5, 0.6) is 17.2 Å². The predicted octanol–water partition coefficient (Wildman–Crippen LogP) is 4.75. The lowest BCUT2D eigenvalue weighted by Gasteiger charge is -2.12. The minimum atomic E-state index is -0.550. The number of hydrogen-bond donors (Lipinski definition) is 1. The van der Waals surface area contributed by atoms with E-state index in [1.165, 1.54) is 7.11 Å². The molecule has 0 amide bonds. The van der Waals surface area contributed by atoms with E-state index < -0.39 is 11.2 Å². The Labute approximate surface area is 161 Å². The minimum absolute atomic E-state index is 0.111. The fraction of sp³-hybridized carbons (Fsp3) is 0.0870. The molecule has 0 aliphatic rings. The van der Waals surface area contributed by atoms with Crippen molar-refractivity contribution in [2.24, 2.45) is 0 Å². The summed E-state index contributed by atoms with van der Waals surface area (Å²) in [4.78, 5) is 12.9. The Kier molecular flexibility index (Phi) is 4.72. The highest BCUT2D eigenvalue weighted by atomic mass is 16.5. The van der Waals surface area contributed by atoms with Gasteiger partial charge in [0.2, 0.25) is 11.2 Å². The Bertz CT molecular complexity index is 1160. The molecule has 0 spiro atoms. The van der Waals surface area contributed by atoms with Crippen LogP contribution in [0.2, 0.25) is 0 Å². The molecule has 5 heteroatoms. The quantitative estimate of drug-likeness (QED) is 0.546. The van der Waals surface area contributed by atoms with Gasteiger partial charge in [0.15, 0.2) is 5.76 Å². The summed E-state index contributed by atoms with van der Waals surface area (Å²) in [5, 5.41) is 10.7. The standard InChI is InChI=1S/C23H18O5/c1-26-17-12-18(27-14-15-8-4-2-5-9-15)20-19(13-17)28-23(22(25)21(20)24)16-10-6-3-7-11-16/h2-13,25H,14H2,1H3. The third kappa shape index (κ3) is 3.30. The lowest BCUT2D eigenvalue weighted by molar-refractivity contribution is 0.306. The van der Waals surface area contributed by atoms with Crippen molar-refractivity contribution in [3.05, 3.63) is 88.6 Å². The van der Waals surface area contributed by atoms with Crippen molar-refractivity contribution in [1.29, 1.82) is 0 Å². The van der Waals surface area contributed by atoms with Crippen molar-refractivity contribution < 1.29 is 19.0 Å². The first-order valence-electron chi connectivity index (χ1n) is 8.77. The van der Waals surface area contributed by atoms with Gasteiger partial charge in [0.05, 0.1) is 7.11 Å². The minimum Gasteiger partial charge on any atom is -0.502 e. The number of fused-ring (bicyclic) bond motifs is 1. The smallest absolute Gasteiger partial charge is 0.238 e. The highest BCUT2D eigenvalue weighted by Crippen LogP contribution is 2.36. The molecule has 28 heavy (non-hydrogen) atoms. The van der Waals surface area contributed by atoms with E-state index in [4.69, 9.17) is 13.9 Å². The monoisotopic (exact) mass is 374 g/mol. The van der Waals surface area contributed by atoms with E-state index in [1.807, 2.05) is 36.4 Å². The zero-order valence-corrected chi connectivity index (χ0v) is 15.2. The van der Waals surface area contributed by atoms with E-state index in [0.29, 0.717) is 17.1 Å². The van der Waals surface area contributed by atoms with Crippen molar-refractivity contribution in [3.8, 4) is 28.6 Å². The van der Waals surface area contributed by atoms with E-state index in [0.717, 1.165) is 5.56 Å². The van der Waals surface area contributed by atoms with Crippen LogP contribution in [-0.2, 0) is 6.61 Å². The second kappa shape index (κ2) is 7.48. The Balaban J connectivity index is 1.86. The summed E-state index contributed by atoms with van der Waals surface area (Å²) in [5.41, 5.74) is 1.29. The number of benzene rings is 3. The summed E-state index contributed by atoms with van der Waals surface area (Å²) < 4.78 is 17.1. The molecule has 3 aromatic carbocycles. The summed E-state index contributed by atoms with van der Waals surface area (Å²) in [6.07, 6.45) is 0. The maximum atomic E-state index is 12.9. The molecule has 1 heterocycles. The lowest BCUT2D eigenvalue weighted by atomic mass is 10.1. The SMILES string of the molecule is COc1cc(OCc2ccccc2)c2c(=O)c(O)c(-c3ccccc3)oc2c1. The van der Waals surface area contributed by atoms with Gasteiger partial charge in [-0.25, -0.2) is 0 Å². The molecule has 0 saturated heterocycles. The van der Waals surface area contributed by atoms with Gasteiger partial charge < -0.3 is 19.0 Å². The number of rotatable bonds is 5. The van der Waals surface area contributed by atoms with Crippen molar-refractivity contribution in [3.63, 3.8) is 0 Å². The summed E-state index contributed by atoms with van der Waals surface area (Å²) in [6.45, 7) is 0.268. The number of hydrogen-bond acceptors (Lipinski definition) is 5. The molecule has 4 aromatic rings. The molecular weight excluding hydrogens is 356 g/mol. The first kappa shape index (κ1) is 17.7. The fourth-order valence-electron chi connectivity index (χ4n) is 3.00. The number of ether oxygens (including phenoxy) is 2. The van der Waals surface area contributed by atoms with E-state index >= 15 is 0 Å². The fourth-order valence-corrected chi connectivity index (χ4v) is 3.00. The van der Waals surface area contributed by atoms with Crippen LogP contribution < -0.4 is 14.9 Å². The molecule has 0 saturated carbocycles. The van der Waals surface area contributed by atoms with Crippen molar-refractivity contribution in [1.82, 2.24) is 0 Å². The molecule has 1 N–H and O–H groups in total. The van der Waals surface area contributed by atoms with Crippen LogP contribution in [0.25, 0.3) is 22.3 Å². The summed E-state index contributed by atoms with van der Waals surface area (Å²) in [5.74, 6) is 0.444. The molecule has 140 valence electrons. The largest absolute Gasteiger partial charge is 0.502 e. The molecule has 0 aliphatic carbocycles. The van der Waals surface area contributed by atoms with Crippen LogP contribution in [-0.4, -0.2) is 12.2 Å². The van der Waals surface area contributed by atoms with Gasteiger partial charge in [-0.1, -0.05) is 60.7 Å². The molecular formula is C23H18O5. The zero-order chi connectivity index (χ0) is 19.5. The molecule has 1 aromatic heterocycles. The Hall–Kier alpha value is -3.73. The molecule has 0 unspecified atom stereocenters. The van der Waals surface area contributed by atoms with Gasteiger partial charge in [-0.2, -0.15) is 0 Å². The van der Waals surface area contributed by atoms with Gasteiger partial charge >= 0.3 is 0 Å². The first-order chi connectivity index (χ1) is 13.7. The van der Waals surface area contributed by atoms with E-state index in [9.17, 15) is 9.90 Å². The molecule has 0 bridgehead atoms. The third-order valence-corrected chi connectivity index (χ3v) is 4.42. The molecule has 0 aliphatic heterocycles. The lowest BCUT2D eigenvalue weighted by Crippen LogP contribution is -2.06. The Morgan fingerprint density at radius 3 is 2.32 bits per heavy atom. The summed E-state index contributed by atoms with van der Waals surface area (Å²) in [6, 6.07) is 21.8. The van der Waals surface area contributed by atoms with Crippen LogP contribution in [0.3, 0.4) is 0 Å². The normalized spacial score (nSPS) is 10.8. The van der Waals surface area contributed by atoms with Crippen molar-refractivity contribution >= 4 is 11.0 Å². The van der Waals surface area contributed by atoms with Crippen LogP contribution in [0, 0.1) is 0 Å². The Morgan fingerprint density at radius 2 is 1.64 bits per heavy atom. The number of methoxy groups -OCH3 is 1. The number of aromatic hydroxyl groups is 1. The van der Waals surface area contributed by atoms with E-state index in [-0.39, 0.29) is 23.3 Å². The van der Waals surface area contributed by atoms with Gasteiger partial charge in [-0.15, -0.1) is 0 Å². The zero-order valence-electron chi connectivity index (χ0n) is 15.2. The van der Waals surface area contributed by atoms with Gasteiger partial charge in [-0.3, -0.25) is 4.79 Å². The first-order valence-corrected chi connectivity index (χ1v) is 8.77. The molecule has 0 atom stereocenters. The van der Waals surface area contributed by atoms with Crippen LogP contribution in [0.15, 0.2) is 82.0 Å². The topological polar surface area (TPSA) is 68.9 Å². The van der Waals surface area contributed by atoms with Gasteiger partial charge in [-0.05, 0) is 5.56 Å². The summed E-state index contributed by atoms with van der Waals surface area (Å²) in [7, 11) is 1.53. The third-order valence-electron chi connectivity index (χ3n) is 4.42. The average molecular weight is 374 g/mol. The Morgan fingerprint density at radius 1 is 0.964 bits per heavy atom. The van der Waals surface area contributed by atoms with Crippen LogP contribution >= 0.6 is 0 Å². The van der Waals surface area contributed by atoms with Crippen LogP contribution in [0.1, 0.15) is 5.56 Å². The van der Waals surface area contributed by atoms with E-state index in [2.05, 4.69) is 0 Å². The maximum absolute atomic E-state index is 12.9. The van der Waals surface area contributed by atoms with Gasteiger partial charge in [0.25, 0.3) is 0 Å². The second-order valence-electron chi connectivity index (χ2n) is 6.25. The molecule has 5 nitrogen and oxygen atoms in total. The molecule has 0 radical (unpaired) electrons. The predicted molar refractivity (Wildman–Crippen MR) is 107 cm³/mol. The molecule has 4 rings (SSSR count). The summed E-state index contributed by atoms with van der Waals surface area (Å²) >= 11 is 0. The van der Waals surface area contributed by atoms with Crippen LogP contribution in [0.4, 0.5) is 0 Å².